The first kappa shape index (κ1) is 24.4. The Kier molecular flexibility index (Phi) is 7.40. The SMILES string of the molecule is CCOC(=O)c1ccc(C(CC)S(C)(C)c2ccc(-c3ccccc3)c(C(F)(F)F)c2)s1. The summed E-state index contributed by atoms with van der Waals surface area (Å²) in [4.78, 5) is 14.3. The molecule has 2 aromatic carbocycles. The minimum atomic E-state index is -4.46. The second-order valence-electron chi connectivity index (χ2n) is 7.80. The van der Waals surface area contributed by atoms with E-state index in [0.29, 0.717) is 21.9 Å². The van der Waals surface area contributed by atoms with E-state index in [-0.39, 0.29) is 16.8 Å². The van der Waals surface area contributed by atoms with Gasteiger partial charge < -0.3 is 4.74 Å². The van der Waals surface area contributed by atoms with Gasteiger partial charge in [0.1, 0.15) is 4.88 Å². The Morgan fingerprint density at radius 3 is 2.31 bits per heavy atom. The number of hydrogen-bond donors (Lipinski definition) is 0. The first-order valence-electron chi connectivity index (χ1n) is 10.3. The van der Waals surface area contributed by atoms with Crippen LogP contribution >= 0.6 is 21.4 Å². The van der Waals surface area contributed by atoms with Gasteiger partial charge in [-0.1, -0.05) is 43.3 Å². The second kappa shape index (κ2) is 9.71. The van der Waals surface area contributed by atoms with E-state index in [1.807, 2.05) is 31.6 Å². The quantitative estimate of drug-likeness (QED) is 0.319. The molecule has 1 aromatic heterocycles. The van der Waals surface area contributed by atoms with Crippen LogP contribution < -0.4 is 0 Å². The lowest BCUT2D eigenvalue weighted by Gasteiger charge is -2.40. The first-order chi connectivity index (χ1) is 15.1. The van der Waals surface area contributed by atoms with Crippen LogP contribution in [0.25, 0.3) is 11.1 Å². The summed E-state index contributed by atoms with van der Waals surface area (Å²) in [6.45, 7) is 4.09. The molecule has 0 bridgehead atoms. The molecule has 0 aliphatic carbocycles. The summed E-state index contributed by atoms with van der Waals surface area (Å²) < 4.78 is 47.2. The Morgan fingerprint density at radius 2 is 1.72 bits per heavy atom. The topological polar surface area (TPSA) is 26.3 Å². The van der Waals surface area contributed by atoms with E-state index in [9.17, 15) is 18.0 Å². The van der Waals surface area contributed by atoms with Gasteiger partial charge in [0.25, 0.3) is 0 Å². The van der Waals surface area contributed by atoms with Crippen LogP contribution in [0.2, 0.25) is 0 Å². The highest BCUT2D eigenvalue weighted by Gasteiger charge is 2.36. The zero-order valence-electron chi connectivity index (χ0n) is 18.5. The van der Waals surface area contributed by atoms with Gasteiger partial charge in [0.15, 0.2) is 0 Å². The third-order valence-electron chi connectivity index (χ3n) is 5.49. The molecular formula is C25H27F3O2S2. The van der Waals surface area contributed by atoms with Crippen molar-refractivity contribution in [1.29, 1.82) is 0 Å². The molecule has 3 aromatic rings. The molecule has 172 valence electrons. The van der Waals surface area contributed by atoms with Gasteiger partial charge >= 0.3 is 12.1 Å². The Morgan fingerprint density at radius 1 is 1.03 bits per heavy atom. The van der Waals surface area contributed by atoms with E-state index in [1.54, 1.807) is 49.4 Å². The first-order valence-corrected chi connectivity index (χ1v) is 13.7. The lowest BCUT2D eigenvalue weighted by atomic mass is 9.99. The van der Waals surface area contributed by atoms with E-state index in [2.05, 4.69) is 0 Å². The largest absolute Gasteiger partial charge is 0.462 e. The third-order valence-corrected chi connectivity index (χ3v) is 10.3. The highest BCUT2D eigenvalue weighted by molar-refractivity contribution is 8.32. The van der Waals surface area contributed by atoms with Crippen molar-refractivity contribution in [3.8, 4) is 11.1 Å². The lowest BCUT2D eigenvalue weighted by molar-refractivity contribution is -0.137. The molecular weight excluding hydrogens is 453 g/mol. The Bertz CT molecular complexity index is 1070. The molecule has 0 aliphatic rings. The highest BCUT2D eigenvalue weighted by atomic mass is 32.3. The van der Waals surface area contributed by atoms with Gasteiger partial charge in [0.05, 0.1) is 12.2 Å². The molecule has 0 spiro atoms. The summed E-state index contributed by atoms with van der Waals surface area (Å²) in [7, 11) is -1.65. The average Bonchev–Trinajstić information content (AvgIpc) is 3.23. The molecule has 0 aliphatic heterocycles. The van der Waals surface area contributed by atoms with Crippen molar-refractivity contribution in [2.75, 3.05) is 19.1 Å². The normalized spacial score (nSPS) is 13.6. The van der Waals surface area contributed by atoms with Gasteiger partial charge in [0.2, 0.25) is 0 Å². The van der Waals surface area contributed by atoms with Crippen LogP contribution in [-0.4, -0.2) is 25.1 Å². The molecule has 0 radical (unpaired) electrons. The monoisotopic (exact) mass is 480 g/mol. The van der Waals surface area contributed by atoms with E-state index in [1.165, 1.54) is 17.4 Å². The van der Waals surface area contributed by atoms with Gasteiger partial charge in [-0.3, -0.25) is 0 Å². The number of hydrogen-bond acceptors (Lipinski definition) is 3. The van der Waals surface area contributed by atoms with E-state index >= 15 is 0 Å². The van der Waals surface area contributed by atoms with Crippen molar-refractivity contribution >= 4 is 27.3 Å². The number of esters is 1. The smallest absolute Gasteiger partial charge is 0.417 e. The fourth-order valence-corrected chi connectivity index (χ4v) is 8.36. The van der Waals surface area contributed by atoms with Gasteiger partial charge in [-0.25, -0.2) is 14.8 Å². The van der Waals surface area contributed by atoms with Gasteiger partial charge in [-0.2, -0.15) is 13.2 Å². The fraction of sp³-hybridized carbons (Fsp3) is 0.320. The number of carbonyl (C=O) groups excluding carboxylic acids is 1. The van der Waals surface area contributed by atoms with Crippen LogP contribution in [0.5, 0.6) is 0 Å². The van der Waals surface area contributed by atoms with Crippen molar-refractivity contribution in [1.82, 2.24) is 0 Å². The molecule has 2 nitrogen and oxygen atoms in total. The van der Waals surface area contributed by atoms with Crippen molar-refractivity contribution < 1.29 is 22.7 Å². The molecule has 1 unspecified atom stereocenters. The number of benzene rings is 2. The maximum absolute atomic E-state index is 14.0. The van der Waals surface area contributed by atoms with Crippen LogP contribution in [0.3, 0.4) is 0 Å². The number of halogens is 3. The number of rotatable bonds is 7. The Balaban J connectivity index is 2.04. The molecule has 0 saturated carbocycles. The Labute approximate surface area is 192 Å². The van der Waals surface area contributed by atoms with E-state index < -0.39 is 21.8 Å². The molecule has 1 heterocycles. The lowest BCUT2D eigenvalue weighted by Crippen LogP contribution is -2.12. The number of ether oxygens (including phenoxy) is 1. The summed E-state index contributed by atoms with van der Waals surface area (Å²) in [6.07, 6.45) is 0.385. The second-order valence-corrected chi connectivity index (χ2v) is 12.8. The van der Waals surface area contributed by atoms with Crippen LogP contribution in [0, 0.1) is 0 Å². The zero-order valence-corrected chi connectivity index (χ0v) is 20.2. The van der Waals surface area contributed by atoms with E-state index in [4.69, 9.17) is 4.74 Å². The minimum absolute atomic E-state index is 0.0272. The molecule has 32 heavy (non-hydrogen) atoms. The fourth-order valence-electron chi connectivity index (χ4n) is 3.86. The number of carbonyl (C=O) groups is 1. The predicted molar refractivity (Wildman–Crippen MR) is 128 cm³/mol. The van der Waals surface area contributed by atoms with Crippen LogP contribution in [0.4, 0.5) is 13.2 Å². The van der Waals surface area contributed by atoms with Gasteiger partial charge in [-0.05, 0) is 66.1 Å². The molecule has 1 atom stereocenters. The third kappa shape index (κ3) is 5.04. The maximum atomic E-state index is 14.0. The molecule has 0 N–H and O–H groups in total. The Hall–Kier alpha value is -2.25. The average molecular weight is 481 g/mol. The molecule has 3 rings (SSSR count). The minimum Gasteiger partial charge on any atom is -0.462 e. The molecule has 0 amide bonds. The molecule has 7 heteroatoms. The van der Waals surface area contributed by atoms with Crippen LogP contribution in [0.15, 0.2) is 65.6 Å². The standard InChI is InChI=1S/C25H27F3O2S2/c1-5-23(21-14-15-22(31-21)24(29)30-6-2)32(3,4)18-12-13-19(17-10-8-7-9-11-17)20(16-18)25(26,27)28/h7-16,23H,5-6H2,1-4H3. The number of alkyl halides is 3. The van der Waals surface area contributed by atoms with Crippen molar-refractivity contribution in [3.05, 3.63) is 76.0 Å². The van der Waals surface area contributed by atoms with Crippen molar-refractivity contribution in [3.63, 3.8) is 0 Å². The van der Waals surface area contributed by atoms with Crippen molar-refractivity contribution in [2.24, 2.45) is 0 Å². The predicted octanol–water partition coefficient (Wildman–Crippen LogP) is 8.19. The summed E-state index contributed by atoms with van der Waals surface area (Å²) >= 11 is 1.37. The van der Waals surface area contributed by atoms with Gasteiger partial charge in [0, 0.05) is 10.1 Å². The van der Waals surface area contributed by atoms with Crippen LogP contribution in [0.1, 0.15) is 45.6 Å². The highest BCUT2D eigenvalue weighted by Crippen LogP contribution is 2.63. The summed E-state index contributed by atoms with van der Waals surface area (Å²) in [5.74, 6) is -0.363. The van der Waals surface area contributed by atoms with Crippen LogP contribution in [-0.2, 0) is 10.9 Å². The zero-order chi connectivity index (χ0) is 23.5. The summed E-state index contributed by atoms with van der Waals surface area (Å²) in [6, 6.07) is 17.0. The molecule has 0 saturated heterocycles. The number of thiophene rings is 1. The molecule has 0 fully saturated rings. The summed E-state index contributed by atoms with van der Waals surface area (Å²) in [5.41, 5.74) is 0.115. The van der Waals surface area contributed by atoms with Crippen molar-refractivity contribution in [2.45, 2.75) is 36.6 Å². The van der Waals surface area contributed by atoms with Gasteiger partial charge in [-0.15, -0.1) is 11.3 Å². The maximum Gasteiger partial charge on any atom is 0.417 e. The van der Waals surface area contributed by atoms with E-state index in [0.717, 1.165) is 11.3 Å². The summed E-state index contributed by atoms with van der Waals surface area (Å²) in [5, 5.41) is 0.0272.